The van der Waals surface area contributed by atoms with Crippen LogP contribution < -0.4 is 34.0 Å². The quantitative estimate of drug-likeness (QED) is 0.0315. The van der Waals surface area contributed by atoms with Gasteiger partial charge in [0.15, 0.2) is 5.78 Å². The third kappa shape index (κ3) is 15.5. The van der Waals surface area contributed by atoms with E-state index in [0.717, 1.165) is 101 Å². The van der Waals surface area contributed by atoms with Crippen LogP contribution in [-0.4, -0.2) is 91.0 Å². The molecular weight excluding hydrogens is 1240 g/mol. The van der Waals surface area contributed by atoms with Crippen molar-refractivity contribution in [1.29, 1.82) is 0 Å². The number of carbonyl (C=O) groups excluding carboxylic acids is 1. The van der Waals surface area contributed by atoms with E-state index >= 15 is 0 Å². The van der Waals surface area contributed by atoms with E-state index < -0.39 is 23.1 Å². The summed E-state index contributed by atoms with van der Waals surface area (Å²) >= 11 is 0. The molecule has 2 spiro atoms. The van der Waals surface area contributed by atoms with Gasteiger partial charge in [-0.2, -0.15) is 0 Å². The molecule has 6 aliphatic heterocycles. The topological polar surface area (TPSA) is 191 Å². The van der Waals surface area contributed by atoms with E-state index in [2.05, 4.69) is 73.6 Å². The van der Waals surface area contributed by atoms with Gasteiger partial charge >= 0.3 is 17.6 Å². The number of furan rings is 2. The van der Waals surface area contributed by atoms with Crippen molar-refractivity contribution in [2.75, 3.05) is 26.4 Å². The van der Waals surface area contributed by atoms with E-state index in [-0.39, 0.29) is 34.8 Å². The van der Waals surface area contributed by atoms with E-state index in [0.29, 0.717) is 90.6 Å². The molecule has 6 unspecified atom stereocenters. The van der Waals surface area contributed by atoms with Gasteiger partial charge in [0, 0.05) is 48.2 Å². The minimum Gasteiger partial charge on any atom is -0.490 e. The molecule has 6 atom stereocenters. The van der Waals surface area contributed by atoms with Gasteiger partial charge in [-0.05, 0) is 231 Å². The van der Waals surface area contributed by atoms with Crippen LogP contribution >= 0.6 is 0 Å². The average Bonchev–Trinajstić information content (AvgIpc) is 1.55. The number of hydrogen-bond acceptors (Lipinski definition) is 17. The summed E-state index contributed by atoms with van der Waals surface area (Å²) in [6, 6.07) is 22.1. The predicted molar refractivity (Wildman–Crippen MR) is 376 cm³/mol. The summed E-state index contributed by atoms with van der Waals surface area (Å²) < 4.78 is 91.9. The molecule has 17 heteroatoms. The smallest absolute Gasteiger partial charge is 0.350 e. The Labute approximate surface area is 572 Å². The molecule has 98 heavy (non-hydrogen) atoms. The van der Waals surface area contributed by atoms with E-state index in [4.69, 9.17) is 70.1 Å². The molecule has 1 aliphatic carbocycles. The van der Waals surface area contributed by atoms with Gasteiger partial charge in [-0.1, -0.05) is 34.4 Å². The summed E-state index contributed by atoms with van der Waals surface area (Å²) in [5, 5.41) is 2.62. The van der Waals surface area contributed by atoms with Gasteiger partial charge in [-0.25, -0.2) is 4.79 Å². The van der Waals surface area contributed by atoms with Crippen LogP contribution in [0.1, 0.15) is 157 Å². The highest BCUT2D eigenvalue weighted by Gasteiger charge is 2.56. The fourth-order valence-corrected chi connectivity index (χ4v) is 13.3. The van der Waals surface area contributed by atoms with Gasteiger partial charge in [0.25, 0.3) is 0 Å². The fraction of sp³-hybridized carbons (Fsp3) is 0.432. The van der Waals surface area contributed by atoms with Crippen LogP contribution in [0.25, 0.3) is 51.1 Å². The number of ether oxygens (including phenoxy) is 12. The molecule has 14 rings (SSSR count). The molecule has 4 saturated heterocycles. The molecule has 0 radical (unpaired) electrons. The third-order valence-electron chi connectivity index (χ3n) is 19.5. The minimum atomic E-state index is -1.36. The Bertz CT molecular complexity index is 4440. The summed E-state index contributed by atoms with van der Waals surface area (Å²) in [4.78, 5) is 23.4. The second-order valence-corrected chi connectivity index (χ2v) is 28.9. The minimum absolute atomic E-state index is 0.00721. The largest absolute Gasteiger partial charge is 0.490 e. The molecule has 17 nitrogen and oxygen atoms in total. The summed E-state index contributed by atoms with van der Waals surface area (Å²) in [5.41, 5.74) is 8.88. The van der Waals surface area contributed by atoms with E-state index in [1.807, 2.05) is 119 Å². The van der Waals surface area contributed by atoms with Crippen molar-refractivity contribution >= 4 is 56.9 Å². The van der Waals surface area contributed by atoms with Gasteiger partial charge in [-0.3, -0.25) is 4.79 Å². The maximum Gasteiger partial charge on any atom is 0.350 e. The van der Waals surface area contributed by atoms with Gasteiger partial charge in [0.2, 0.25) is 0 Å². The lowest BCUT2D eigenvalue weighted by Gasteiger charge is -2.30. The van der Waals surface area contributed by atoms with Crippen molar-refractivity contribution in [2.45, 2.75) is 200 Å². The van der Waals surface area contributed by atoms with Crippen molar-refractivity contribution in [3.63, 3.8) is 0 Å². The molecular formula is C81H90O17. The Morgan fingerprint density at radius 2 is 0.898 bits per heavy atom. The van der Waals surface area contributed by atoms with Gasteiger partial charge in [0.05, 0.1) is 81.2 Å². The molecule has 0 saturated carbocycles. The van der Waals surface area contributed by atoms with Crippen LogP contribution in [0.15, 0.2) is 168 Å². The lowest BCUT2D eigenvalue weighted by molar-refractivity contribution is -0.271. The summed E-state index contributed by atoms with van der Waals surface area (Å²) in [6.07, 6.45) is 30.5. The van der Waals surface area contributed by atoms with Crippen LogP contribution in [0.2, 0.25) is 0 Å². The molecule has 3 aromatic heterocycles. The molecule has 0 amide bonds. The van der Waals surface area contributed by atoms with Crippen molar-refractivity contribution in [1.82, 2.24) is 0 Å². The summed E-state index contributed by atoms with van der Waals surface area (Å²) in [7, 11) is 0. The second-order valence-electron chi connectivity index (χ2n) is 28.9. The molecule has 4 fully saturated rings. The molecule has 4 aromatic carbocycles. The number of allylic oxidation sites excluding steroid dienone is 5. The third-order valence-corrected chi connectivity index (χ3v) is 19.5. The van der Waals surface area contributed by atoms with E-state index in [1.165, 1.54) is 22.8 Å². The van der Waals surface area contributed by atoms with E-state index in [9.17, 15) is 9.59 Å². The number of rotatable bonds is 24. The maximum absolute atomic E-state index is 11.8. The highest BCUT2D eigenvalue weighted by molar-refractivity contribution is 5.98. The molecule has 7 aromatic rings. The summed E-state index contributed by atoms with van der Waals surface area (Å²) in [5.74, 6) is 1.37. The van der Waals surface area contributed by atoms with Gasteiger partial charge in [-0.15, -0.1) is 0 Å². The predicted octanol–water partition coefficient (Wildman–Crippen LogP) is 17.8. The Morgan fingerprint density at radius 3 is 1.37 bits per heavy atom. The average molecular weight is 1340 g/mol. The first-order chi connectivity index (χ1) is 46.8. The Kier molecular flexibility index (Phi) is 19.0. The van der Waals surface area contributed by atoms with Crippen molar-refractivity contribution in [2.24, 2.45) is 0 Å². The van der Waals surface area contributed by atoms with E-state index in [1.54, 1.807) is 30.7 Å². The monoisotopic (exact) mass is 1330 g/mol. The Morgan fingerprint density at radius 1 is 0.469 bits per heavy atom. The lowest BCUT2D eigenvalue weighted by Crippen LogP contribution is -2.39. The van der Waals surface area contributed by atoms with Gasteiger partial charge < -0.3 is 70.1 Å². The fourth-order valence-electron chi connectivity index (χ4n) is 13.3. The molecule has 7 aliphatic rings. The SMILES string of the molecule is C/C(=C\COc1c2c(cc3occc13)OC1(C=C2)OC(CC/C(C)=C/COc2ccc3c(c2)CC(=O)C=C3)C(C)(C)O1)CCC1OC1(C)C.C/C(=C\COc1c2c(cc3occc13)OC1(C=C2)OC(CC/C(C)=C/COc2ccc3ccc(=O)oc3c2)C(C)(C)O1)CCC1OC1(C)C. The molecule has 516 valence electrons. The molecule has 0 bridgehead atoms. The standard InChI is InChI=1S/C41H46O8.C40H44O9/c1-26(16-20-43-31-12-10-28-9-11-30(42)23-29(28)24-31)8-14-37-40(5,6)49-41(48-37)19-15-32-35(46-41)25-34-33(18-22-44-34)38(32)45-21-17-27(2)7-13-36-39(3,4)47-36;1-25(16-20-42-28-11-9-27-10-14-36(41)45-31(27)23-28)8-13-35-39(5,6)49-40(48-35)19-15-29-33(46-40)24-32-30(18-22-43-32)37(29)44-21-17-26(2)7-12-34-38(3,4)47-34/h9-12,15-19,22,24-25,36-37H,7-8,13-14,20-21,23H2,1-6H3;9-11,14-19,22-24,34-35H,7-8,12-13,20-21H2,1-6H3/b26-16+,27-17+;25-16+,26-17+. The highest BCUT2D eigenvalue weighted by atomic mass is 16.9. The Balaban J connectivity index is 0.000000176. The van der Waals surface area contributed by atoms with Crippen molar-refractivity contribution < 1.29 is 74.9 Å². The zero-order valence-corrected chi connectivity index (χ0v) is 58.3. The normalized spacial score (nSPS) is 24.5. The maximum atomic E-state index is 11.8. The van der Waals surface area contributed by atoms with Crippen LogP contribution in [0, 0.1) is 0 Å². The van der Waals surface area contributed by atoms with Gasteiger partial charge in [0.1, 0.15) is 77.7 Å². The number of ketones is 1. The summed E-state index contributed by atoms with van der Waals surface area (Å²) in [6.45, 7) is 26.8. The highest BCUT2D eigenvalue weighted by Crippen LogP contribution is 2.51. The number of epoxide rings is 2. The van der Waals surface area contributed by atoms with Crippen molar-refractivity contribution in [3.05, 3.63) is 183 Å². The van der Waals surface area contributed by atoms with Crippen LogP contribution in [0.5, 0.6) is 34.5 Å². The molecule has 0 N–H and O–H groups in total. The van der Waals surface area contributed by atoms with Crippen molar-refractivity contribution in [3.8, 4) is 34.5 Å². The molecule has 9 heterocycles. The zero-order chi connectivity index (χ0) is 68.8. The first-order valence-corrected chi connectivity index (χ1v) is 34.3. The zero-order valence-electron chi connectivity index (χ0n) is 58.3. The number of fused-ring (bicyclic) bond motifs is 6. The van der Waals surface area contributed by atoms with Crippen LogP contribution in [0.3, 0.4) is 0 Å². The first kappa shape index (κ1) is 68.1. The second kappa shape index (κ2) is 27.4. The lowest BCUT2D eigenvalue weighted by atomic mass is 9.96. The Hall–Kier alpha value is -8.42. The first-order valence-electron chi connectivity index (χ1n) is 34.3. The van der Waals surface area contributed by atoms with Crippen LogP contribution in [0.4, 0.5) is 0 Å². The number of benzene rings is 4. The van der Waals surface area contributed by atoms with Crippen LogP contribution in [-0.2, 0) is 39.6 Å². The number of hydrogen-bond donors (Lipinski definition) is 0. The number of carbonyl (C=O) groups is 1.